The van der Waals surface area contributed by atoms with Gasteiger partial charge in [-0.15, -0.1) is 0 Å². The maximum atomic E-state index is 14.2. The number of nitrogens with two attached hydrogens (primary N) is 1. The van der Waals surface area contributed by atoms with Gasteiger partial charge >= 0.3 is 13.7 Å². The van der Waals surface area contributed by atoms with E-state index in [0.717, 1.165) is 5.56 Å². The fourth-order valence-corrected chi connectivity index (χ4v) is 7.25. The average molecular weight is 639 g/mol. The standard InChI is InChI=1S/C30H35N6O8P/c1-17(2)23(29(38)41-14-19-10-6-4-7-11-19)35-45(40,44-20-12-8-5-9-13-20)42-15-21-25(37)22-26(30(22,39)43-21)36-16-32-24-27(31)33-18(3)34-28(24)36/h4-13,16-17,21-23,25-26,37,39H,14-15H2,1-3H3,(H,35,40)(H2,31,33,34)/t21-,22?,23+,25+,26+,30?,45?/m1/s1. The van der Waals surface area contributed by atoms with E-state index in [2.05, 4.69) is 20.0 Å². The first-order chi connectivity index (χ1) is 21.5. The average Bonchev–Trinajstić information content (AvgIpc) is 3.25. The van der Waals surface area contributed by atoms with Crippen LogP contribution in [0.5, 0.6) is 5.75 Å². The molecule has 0 spiro atoms. The van der Waals surface area contributed by atoms with E-state index in [-0.39, 0.29) is 24.1 Å². The number of imidazole rings is 1. The summed E-state index contributed by atoms with van der Waals surface area (Å²) in [6.07, 6.45) is -0.809. The van der Waals surface area contributed by atoms with E-state index in [4.69, 9.17) is 24.3 Å². The Hall–Kier alpha value is -3.91. The molecule has 5 N–H and O–H groups in total. The lowest BCUT2D eigenvalue weighted by molar-refractivity contribution is -0.161. The molecule has 0 bridgehead atoms. The van der Waals surface area contributed by atoms with Crippen LogP contribution < -0.4 is 15.3 Å². The molecule has 2 aromatic heterocycles. The number of aromatic nitrogens is 4. The van der Waals surface area contributed by atoms with Gasteiger partial charge in [0.25, 0.3) is 0 Å². The number of aryl methyl sites for hydroxylation is 1. The normalized spacial score (nSPS) is 25.9. The van der Waals surface area contributed by atoms with Crippen LogP contribution in [0.4, 0.5) is 5.82 Å². The zero-order valence-electron chi connectivity index (χ0n) is 24.9. The van der Waals surface area contributed by atoms with Gasteiger partial charge in [0, 0.05) is 0 Å². The number of anilines is 1. The molecule has 4 aromatic rings. The number of hydrogen-bond donors (Lipinski definition) is 4. The molecule has 1 aliphatic heterocycles. The van der Waals surface area contributed by atoms with Crippen LogP contribution in [0.25, 0.3) is 11.2 Å². The van der Waals surface area contributed by atoms with Crippen molar-refractivity contribution >= 4 is 30.7 Å². The molecule has 1 saturated heterocycles. The van der Waals surface area contributed by atoms with Gasteiger partial charge in [0.2, 0.25) is 0 Å². The number of ether oxygens (including phenoxy) is 2. The lowest BCUT2D eigenvalue weighted by Gasteiger charge is -2.28. The van der Waals surface area contributed by atoms with E-state index in [1.54, 1.807) is 55.7 Å². The summed E-state index contributed by atoms with van der Waals surface area (Å²) in [5.74, 6) is -2.65. The Bertz CT molecular complexity index is 1720. The van der Waals surface area contributed by atoms with Crippen LogP contribution >= 0.6 is 7.75 Å². The van der Waals surface area contributed by atoms with Crippen molar-refractivity contribution in [1.82, 2.24) is 24.6 Å². The number of esters is 1. The molecule has 3 heterocycles. The van der Waals surface area contributed by atoms with Gasteiger partial charge in [-0.2, -0.15) is 5.09 Å². The Morgan fingerprint density at radius 2 is 1.84 bits per heavy atom. The van der Waals surface area contributed by atoms with E-state index in [0.29, 0.717) is 17.0 Å². The zero-order chi connectivity index (χ0) is 31.9. The van der Waals surface area contributed by atoms with Gasteiger partial charge < -0.3 is 34.5 Å². The number of hydrogen-bond acceptors (Lipinski definition) is 12. The second-order valence-corrected chi connectivity index (χ2v) is 13.2. The van der Waals surface area contributed by atoms with Crippen molar-refractivity contribution in [2.24, 2.45) is 11.8 Å². The first kappa shape index (κ1) is 31.1. The molecule has 14 nitrogen and oxygen atoms in total. The molecule has 0 amide bonds. The van der Waals surface area contributed by atoms with Crippen LogP contribution in [0.2, 0.25) is 0 Å². The number of carbonyl (C=O) groups is 1. The molecule has 7 atom stereocenters. The lowest BCUT2D eigenvalue weighted by atomic mass is 10.1. The molecule has 0 radical (unpaired) electrons. The predicted molar refractivity (Wildman–Crippen MR) is 161 cm³/mol. The molecule has 238 valence electrons. The Morgan fingerprint density at radius 3 is 2.49 bits per heavy atom. The number of para-hydroxylation sites is 1. The minimum atomic E-state index is -4.28. The molecule has 45 heavy (non-hydrogen) atoms. The fourth-order valence-electron chi connectivity index (χ4n) is 5.59. The Kier molecular flexibility index (Phi) is 8.37. The third kappa shape index (κ3) is 6.17. The first-order valence-electron chi connectivity index (χ1n) is 14.5. The van der Waals surface area contributed by atoms with Crippen molar-refractivity contribution in [2.75, 3.05) is 12.3 Å². The van der Waals surface area contributed by atoms with Crippen molar-refractivity contribution in [3.63, 3.8) is 0 Å². The van der Waals surface area contributed by atoms with Crippen molar-refractivity contribution in [3.8, 4) is 5.75 Å². The van der Waals surface area contributed by atoms with Crippen LogP contribution in [0, 0.1) is 18.8 Å². The molecule has 3 unspecified atom stereocenters. The van der Waals surface area contributed by atoms with Crippen LogP contribution in [0.1, 0.15) is 31.3 Å². The highest BCUT2D eigenvalue weighted by Gasteiger charge is 2.77. The number of nitrogens with one attached hydrogen (secondary N) is 1. The quantitative estimate of drug-likeness (QED) is 0.131. The third-order valence-electron chi connectivity index (χ3n) is 7.90. The van der Waals surface area contributed by atoms with Crippen molar-refractivity contribution < 1.29 is 38.1 Å². The smallest absolute Gasteiger partial charge is 0.459 e. The molecule has 2 aromatic carbocycles. The predicted octanol–water partition coefficient (Wildman–Crippen LogP) is 2.90. The number of aliphatic hydroxyl groups is 2. The van der Waals surface area contributed by atoms with Crippen LogP contribution in [-0.2, 0) is 30.0 Å². The lowest BCUT2D eigenvalue weighted by Crippen LogP contribution is -2.42. The Morgan fingerprint density at radius 1 is 1.16 bits per heavy atom. The first-order valence-corrected chi connectivity index (χ1v) is 16.1. The molecule has 1 saturated carbocycles. The molecular weight excluding hydrogens is 603 g/mol. The molecular formula is C30H35N6O8P. The van der Waals surface area contributed by atoms with Gasteiger partial charge in [0.1, 0.15) is 41.9 Å². The van der Waals surface area contributed by atoms with E-state index >= 15 is 0 Å². The summed E-state index contributed by atoms with van der Waals surface area (Å²) >= 11 is 0. The second kappa shape index (κ2) is 12.1. The summed E-state index contributed by atoms with van der Waals surface area (Å²) in [4.78, 5) is 25.9. The van der Waals surface area contributed by atoms with E-state index in [1.165, 1.54) is 6.33 Å². The summed E-state index contributed by atoms with van der Waals surface area (Å²) in [6.45, 7) is 4.82. The maximum absolute atomic E-state index is 14.2. The zero-order valence-corrected chi connectivity index (χ0v) is 25.8. The molecule has 2 aliphatic rings. The van der Waals surface area contributed by atoms with Crippen molar-refractivity contribution in [3.05, 3.63) is 78.4 Å². The summed E-state index contributed by atoms with van der Waals surface area (Å²) in [5.41, 5.74) is 7.55. The number of benzene rings is 2. The van der Waals surface area contributed by atoms with Gasteiger partial charge in [-0.05, 0) is 30.5 Å². The van der Waals surface area contributed by atoms with Crippen LogP contribution in [0.15, 0.2) is 67.0 Å². The van der Waals surface area contributed by atoms with Gasteiger partial charge in [0.05, 0.1) is 25.0 Å². The highest BCUT2D eigenvalue weighted by molar-refractivity contribution is 7.52. The van der Waals surface area contributed by atoms with Crippen LogP contribution in [-0.4, -0.2) is 66.3 Å². The molecule has 15 heteroatoms. The summed E-state index contributed by atoms with van der Waals surface area (Å²) in [7, 11) is -4.28. The van der Waals surface area contributed by atoms with E-state index in [1.807, 2.05) is 30.3 Å². The number of nitrogen functional groups attached to an aromatic ring is 1. The number of rotatable bonds is 12. The van der Waals surface area contributed by atoms with Gasteiger partial charge in [0.15, 0.2) is 17.3 Å². The fraction of sp³-hybridized carbons (Fsp3) is 0.400. The van der Waals surface area contributed by atoms with Crippen molar-refractivity contribution in [2.45, 2.75) is 57.5 Å². The minimum Gasteiger partial charge on any atom is -0.460 e. The topological polar surface area (TPSA) is 193 Å². The number of nitrogens with zero attached hydrogens (tertiary/aromatic N) is 4. The number of fused-ring (bicyclic) bond motifs is 2. The highest BCUT2D eigenvalue weighted by Crippen LogP contribution is 2.63. The number of aliphatic hydroxyl groups excluding tert-OH is 1. The summed E-state index contributed by atoms with van der Waals surface area (Å²) in [5, 5.41) is 25.2. The van der Waals surface area contributed by atoms with Gasteiger partial charge in [-0.1, -0.05) is 62.4 Å². The van der Waals surface area contributed by atoms with Gasteiger partial charge in [-0.3, -0.25) is 9.32 Å². The third-order valence-corrected chi connectivity index (χ3v) is 9.44. The summed E-state index contributed by atoms with van der Waals surface area (Å²) < 4.78 is 38.7. The second-order valence-electron chi connectivity index (χ2n) is 11.5. The summed E-state index contributed by atoms with van der Waals surface area (Å²) in [6, 6.07) is 15.8. The van der Waals surface area contributed by atoms with E-state index in [9.17, 15) is 19.6 Å². The molecule has 2 fully saturated rings. The van der Waals surface area contributed by atoms with Gasteiger partial charge in [-0.25, -0.2) is 19.5 Å². The van der Waals surface area contributed by atoms with E-state index < -0.39 is 56.3 Å². The number of carbonyl (C=O) groups excluding carboxylic acids is 1. The Labute approximate surface area is 259 Å². The highest BCUT2D eigenvalue weighted by atomic mass is 31.2. The van der Waals surface area contributed by atoms with Crippen molar-refractivity contribution in [1.29, 1.82) is 0 Å². The maximum Gasteiger partial charge on any atom is 0.459 e. The van der Waals surface area contributed by atoms with Crippen LogP contribution in [0.3, 0.4) is 0 Å². The minimum absolute atomic E-state index is 0.0307. The molecule has 6 rings (SSSR count). The Balaban J connectivity index is 1.16. The largest absolute Gasteiger partial charge is 0.460 e. The SMILES string of the molecule is Cc1nc(N)c2ncn([C@H]3C4[C@@H](O)[C@@H](COP(=O)(N[C@H](C(=O)OCc5ccccc5)C(C)C)Oc5ccccc5)OC43O)c2n1. The molecule has 1 aliphatic carbocycles. The monoisotopic (exact) mass is 638 g/mol.